The van der Waals surface area contributed by atoms with Crippen LogP contribution in [0.2, 0.25) is 15.1 Å². The number of benzene rings is 2. The lowest BCUT2D eigenvalue weighted by Crippen LogP contribution is -2.14. The Morgan fingerprint density at radius 2 is 1.82 bits per heavy atom. The third-order valence-corrected chi connectivity index (χ3v) is 3.42. The Balaban J connectivity index is 2.44. The van der Waals surface area contributed by atoms with Gasteiger partial charge in [0.2, 0.25) is 0 Å². The van der Waals surface area contributed by atoms with Crippen LogP contribution in [0.3, 0.4) is 0 Å². The number of amides is 1. The van der Waals surface area contributed by atoms with E-state index in [0.717, 1.165) is 6.07 Å². The monoisotopic (exact) mass is 360 g/mol. The molecule has 0 aliphatic rings. The van der Waals surface area contributed by atoms with Crippen LogP contribution in [0.15, 0.2) is 30.3 Å². The van der Waals surface area contributed by atoms with Crippen LogP contribution in [0.25, 0.3) is 0 Å². The SMILES string of the molecule is O=C(Nc1c(Cl)cc(Cl)cc1[N+](=O)[O-])c1cc(Cl)ccc1O. The molecule has 2 aromatic carbocycles. The van der Waals surface area contributed by atoms with Crippen LogP contribution in [0, 0.1) is 10.1 Å². The molecule has 9 heteroatoms. The van der Waals surface area contributed by atoms with E-state index < -0.39 is 16.5 Å². The molecule has 0 heterocycles. The van der Waals surface area contributed by atoms with E-state index in [9.17, 15) is 20.0 Å². The van der Waals surface area contributed by atoms with Crippen molar-refractivity contribution in [2.75, 3.05) is 5.32 Å². The van der Waals surface area contributed by atoms with E-state index in [1.807, 2.05) is 0 Å². The van der Waals surface area contributed by atoms with E-state index in [1.165, 1.54) is 24.3 Å². The Labute approximate surface area is 139 Å². The fraction of sp³-hybridized carbons (Fsp3) is 0. The van der Waals surface area contributed by atoms with E-state index >= 15 is 0 Å². The minimum absolute atomic E-state index is 0.0558. The van der Waals surface area contributed by atoms with Gasteiger partial charge >= 0.3 is 0 Å². The summed E-state index contributed by atoms with van der Waals surface area (Å²) in [6, 6.07) is 6.16. The van der Waals surface area contributed by atoms with Gasteiger partial charge in [0.05, 0.1) is 15.5 Å². The van der Waals surface area contributed by atoms with Crippen molar-refractivity contribution in [2.24, 2.45) is 0 Å². The van der Waals surface area contributed by atoms with Crippen LogP contribution >= 0.6 is 34.8 Å². The van der Waals surface area contributed by atoms with E-state index in [0.29, 0.717) is 0 Å². The van der Waals surface area contributed by atoms with Crippen LogP contribution in [0.1, 0.15) is 10.4 Å². The third kappa shape index (κ3) is 3.41. The summed E-state index contributed by atoms with van der Waals surface area (Å²) in [5.41, 5.74) is -0.833. The molecule has 2 N–H and O–H groups in total. The molecule has 1 amide bonds. The Morgan fingerprint density at radius 1 is 1.14 bits per heavy atom. The van der Waals surface area contributed by atoms with Crippen molar-refractivity contribution >= 4 is 52.1 Å². The molecule has 0 spiro atoms. The largest absolute Gasteiger partial charge is 0.507 e. The molecule has 0 aliphatic heterocycles. The number of hydrogen-bond donors (Lipinski definition) is 2. The molecule has 114 valence electrons. The summed E-state index contributed by atoms with van der Waals surface area (Å²) in [5.74, 6) is -1.12. The zero-order valence-corrected chi connectivity index (χ0v) is 12.9. The van der Waals surface area contributed by atoms with Crippen molar-refractivity contribution < 1.29 is 14.8 Å². The van der Waals surface area contributed by atoms with Crippen LogP contribution in [0.4, 0.5) is 11.4 Å². The Morgan fingerprint density at radius 3 is 2.45 bits per heavy atom. The highest BCUT2D eigenvalue weighted by Crippen LogP contribution is 2.36. The molecule has 2 rings (SSSR count). The number of carbonyl (C=O) groups is 1. The maximum atomic E-state index is 12.2. The summed E-state index contributed by atoms with van der Waals surface area (Å²) in [6.07, 6.45) is 0. The predicted octanol–water partition coefficient (Wildman–Crippen LogP) is 4.51. The molecule has 2 aromatic rings. The number of anilines is 1. The molecule has 0 aromatic heterocycles. The number of phenolic OH excluding ortho intramolecular Hbond substituents is 1. The van der Waals surface area contributed by atoms with E-state index in [4.69, 9.17) is 34.8 Å². The molecule has 6 nitrogen and oxygen atoms in total. The fourth-order valence-electron chi connectivity index (χ4n) is 1.70. The number of hydrogen-bond acceptors (Lipinski definition) is 4. The second-order valence-electron chi connectivity index (χ2n) is 4.15. The molecule has 0 radical (unpaired) electrons. The number of carbonyl (C=O) groups excluding carboxylic acids is 1. The molecular weight excluding hydrogens is 355 g/mol. The van der Waals surface area contributed by atoms with Gasteiger partial charge in [0, 0.05) is 16.1 Å². The van der Waals surface area contributed by atoms with Gasteiger partial charge < -0.3 is 10.4 Å². The molecule has 0 aliphatic carbocycles. The van der Waals surface area contributed by atoms with Gasteiger partial charge in [-0.2, -0.15) is 0 Å². The molecule has 22 heavy (non-hydrogen) atoms. The summed E-state index contributed by atoms with van der Waals surface area (Å²) >= 11 is 17.4. The third-order valence-electron chi connectivity index (χ3n) is 2.67. The normalized spacial score (nSPS) is 10.3. The summed E-state index contributed by atoms with van der Waals surface area (Å²) in [5, 5.41) is 23.2. The molecule has 0 saturated carbocycles. The highest BCUT2D eigenvalue weighted by Gasteiger charge is 2.22. The van der Waals surface area contributed by atoms with Gasteiger partial charge in [-0.05, 0) is 24.3 Å². The number of halogens is 3. The first kappa shape index (κ1) is 16.4. The number of nitro benzene ring substituents is 1. The van der Waals surface area contributed by atoms with Gasteiger partial charge in [-0.25, -0.2) is 0 Å². The predicted molar refractivity (Wildman–Crippen MR) is 84.2 cm³/mol. The summed E-state index contributed by atoms with van der Waals surface area (Å²) in [6.45, 7) is 0. The van der Waals surface area contributed by atoms with Gasteiger partial charge in [0.15, 0.2) is 0 Å². The van der Waals surface area contributed by atoms with Crippen molar-refractivity contribution in [2.45, 2.75) is 0 Å². The van der Waals surface area contributed by atoms with E-state index in [-0.39, 0.29) is 32.1 Å². The Kier molecular flexibility index (Phi) is 4.75. The number of aromatic hydroxyl groups is 1. The van der Waals surface area contributed by atoms with E-state index in [2.05, 4.69) is 5.32 Å². The summed E-state index contributed by atoms with van der Waals surface area (Å²) in [7, 11) is 0. The van der Waals surface area contributed by atoms with Crippen LogP contribution < -0.4 is 5.32 Å². The smallest absolute Gasteiger partial charge is 0.295 e. The first-order valence-electron chi connectivity index (χ1n) is 5.73. The molecule has 0 atom stereocenters. The zero-order chi connectivity index (χ0) is 16.4. The molecule has 0 bridgehead atoms. The van der Waals surface area contributed by atoms with Crippen molar-refractivity contribution in [3.8, 4) is 5.75 Å². The second-order valence-corrected chi connectivity index (χ2v) is 5.43. The molecule has 0 fully saturated rings. The van der Waals surface area contributed by atoms with Crippen LogP contribution in [-0.4, -0.2) is 15.9 Å². The average molecular weight is 362 g/mol. The maximum Gasteiger partial charge on any atom is 0.295 e. The molecule has 0 unspecified atom stereocenters. The minimum Gasteiger partial charge on any atom is -0.507 e. The molecular formula is C13H7Cl3N2O4. The van der Waals surface area contributed by atoms with Crippen LogP contribution in [-0.2, 0) is 0 Å². The van der Waals surface area contributed by atoms with E-state index in [1.54, 1.807) is 0 Å². The van der Waals surface area contributed by atoms with Gasteiger partial charge in [0.1, 0.15) is 11.4 Å². The molecule has 0 saturated heterocycles. The number of phenols is 1. The Bertz CT molecular complexity index is 780. The average Bonchev–Trinajstić information content (AvgIpc) is 2.43. The van der Waals surface area contributed by atoms with Gasteiger partial charge in [-0.3, -0.25) is 14.9 Å². The van der Waals surface area contributed by atoms with Crippen molar-refractivity contribution in [3.63, 3.8) is 0 Å². The van der Waals surface area contributed by atoms with Gasteiger partial charge in [-0.1, -0.05) is 34.8 Å². The summed E-state index contributed by atoms with van der Waals surface area (Å²) < 4.78 is 0. The highest BCUT2D eigenvalue weighted by atomic mass is 35.5. The lowest BCUT2D eigenvalue weighted by molar-refractivity contribution is -0.383. The van der Waals surface area contributed by atoms with Crippen molar-refractivity contribution in [1.29, 1.82) is 0 Å². The minimum atomic E-state index is -0.799. The van der Waals surface area contributed by atoms with Crippen molar-refractivity contribution in [3.05, 3.63) is 61.1 Å². The number of nitrogens with one attached hydrogen (secondary N) is 1. The fourth-order valence-corrected chi connectivity index (χ4v) is 2.40. The first-order valence-corrected chi connectivity index (χ1v) is 6.86. The zero-order valence-electron chi connectivity index (χ0n) is 10.6. The van der Waals surface area contributed by atoms with Crippen molar-refractivity contribution in [1.82, 2.24) is 0 Å². The topological polar surface area (TPSA) is 92.5 Å². The number of nitrogens with zero attached hydrogens (tertiary/aromatic N) is 1. The van der Waals surface area contributed by atoms with Gasteiger partial charge in [-0.15, -0.1) is 0 Å². The van der Waals surface area contributed by atoms with Crippen LogP contribution in [0.5, 0.6) is 5.75 Å². The number of rotatable bonds is 3. The lowest BCUT2D eigenvalue weighted by Gasteiger charge is -2.09. The number of nitro groups is 1. The summed E-state index contributed by atoms with van der Waals surface area (Å²) in [4.78, 5) is 22.5. The Hall–Kier alpha value is -2.02. The maximum absolute atomic E-state index is 12.2. The first-order chi connectivity index (χ1) is 10.3. The van der Waals surface area contributed by atoms with Gasteiger partial charge in [0.25, 0.3) is 11.6 Å². The quantitative estimate of drug-likeness (QED) is 0.621. The second kappa shape index (κ2) is 6.39. The highest BCUT2D eigenvalue weighted by molar-refractivity contribution is 6.37. The lowest BCUT2D eigenvalue weighted by atomic mass is 10.1. The standard InChI is InChI=1S/C13H7Cl3N2O4/c14-6-1-2-11(19)8(3-6)13(20)17-12-9(16)4-7(15)5-10(12)18(21)22/h1-5,19H,(H,17,20).